The highest BCUT2D eigenvalue weighted by Gasteiger charge is 2.28. The van der Waals surface area contributed by atoms with Crippen molar-refractivity contribution in [1.82, 2.24) is 25.1 Å². The smallest absolute Gasteiger partial charge is 0.308 e. The van der Waals surface area contributed by atoms with Crippen molar-refractivity contribution in [2.24, 2.45) is 5.92 Å². The molecular formula is C16H18BrN5O3. The fraction of sp³-hybridized carbons (Fsp3) is 0.438. The molecule has 8 nitrogen and oxygen atoms in total. The summed E-state index contributed by atoms with van der Waals surface area (Å²) < 4.78 is 5.72. The SMILES string of the molecule is COC(=O)C1CCN(C(=O)Cn2nnc(-c3ccc(Br)cc3)n2)CC1. The van der Waals surface area contributed by atoms with Gasteiger partial charge in [0, 0.05) is 23.1 Å². The van der Waals surface area contributed by atoms with Gasteiger partial charge in [-0.15, -0.1) is 10.2 Å². The Hall–Kier alpha value is -2.29. The summed E-state index contributed by atoms with van der Waals surface area (Å²) in [7, 11) is 1.39. The molecule has 1 amide bonds. The van der Waals surface area contributed by atoms with Crippen LogP contribution < -0.4 is 0 Å². The lowest BCUT2D eigenvalue weighted by Gasteiger charge is -2.30. The molecule has 132 valence electrons. The van der Waals surface area contributed by atoms with Crippen molar-refractivity contribution >= 4 is 27.8 Å². The molecule has 3 rings (SSSR count). The maximum Gasteiger partial charge on any atom is 0.308 e. The number of esters is 1. The average Bonchev–Trinajstić information content (AvgIpc) is 3.10. The van der Waals surface area contributed by atoms with Gasteiger partial charge in [-0.1, -0.05) is 15.9 Å². The Morgan fingerprint density at radius 3 is 2.56 bits per heavy atom. The molecule has 0 bridgehead atoms. The second-order valence-corrected chi connectivity index (χ2v) is 6.74. The van der Waals surface area contributed by atoms with Crippen molar-refractivity contribution in [1.29, 1.82) is 0 Å². The van der Waals surface area contributed by atoms with Gasteiger partial charge < -0.3 is 9.64 Å². The van der Waals surface area contributed by atoms with E-state index in [1.807, 2.05) is 24.3 Å². The van der Waals surface area contributed by atoms with E-state index in [1.165, 1.54) is 11.9 Å². The van der Waals surface area contributed by atoms with Gasteiger partial charge in [-0.25, -0.2) is 0 Å². The van der Waals surface area contributed by atoms with E-state index in [9.17, 15) is 9.59 Å². The highest BCUT2D eigenvalue weighted by Crippen LogP contribution is 2.19. The number of rotatable bonds is 4. The summed E-state index contributed by atoms with van der Waals surface area (Å²) in [5.41, 5.74) is 0.834. The van der Waals surface area contributed by atoms with E-state index in [0.717, 1.165) is 10.0 Å². The van der Waals surface area contributed by atoms with Crippen LogP contribution >= 0.6 is 15.9 Å². The number of hydrogen-bond acceptors (Lipinski definition) is 6. The third-order valence-corrected chi connectivity index (χ3v) is 4.74. The number of tetrazole rings is 1. The Labute approximate surface area is 153 Å². The van der Waals surface area contributed by atoms with Gasteiger partial charge in [0.1, 0.15) is 6.54 Å². The van der Waals surface area contributed by atoms with Crippen molar-refractivity contribution < 1.29 is 14.3 Å². The van der Waals surface area contributed by atoms with Crippen LogP contribution in [0.15, 0.2) is 28.7 Å². The molecule has 0 spiro atoms. The van der Waals surface area contributed by atoms with Crippen LogP contribution in [0.25, 0.3) is 11.4 Å². The number of aromatic nitrogens is 4. The van der Waals surface area contributed by atoms with Crippen molar-refractivity contribution in [3.8, 4) is 11.4 Å². The van der Waals surface area contributed by atoms with Crippen LogP contribution in [0.2, 0.25) is 0 Å². The number of carbonyl (C=O) groups is 2. The number of likely N-dealkylation sites (tertiary alicyclic amines) is 1. The average molecular weight is 408 g/mol. The molecule has 0 aliphatic carbocycles. The van der Waals surface area contributed by atoms with Crippen LogP contribution in [0, 0.1) is 5.92 Å². The lowest BCUT2D eigenvalue weighted by Crippen LogP contribution is -2.42. The van der Waals surface area contributed by atoms with Gasteiger partial charge >= 0.3 is 5.97 Å². The Balaban J connectivity index is 1.57. The third kappa shape index (κ3) is 4.22. The molecule has 0 radical (unpaired) electrons. The van der Waals surface area contributed by atoms with Gasteiger partial charge in [0.25, 0.3) is 0 Å². The van der Waals surface area contributed by atoms with E-state index in [1.54, 1.807) is 4.90 Å². The number of methoxy groups -OCH3 is 1. The van der Waals surface area contributed by atoms with Gasteiger partial charge in [0.15, 0.2) is 0 Å². The topological polar surface area (TPSA) is 90.2 Å². The van der Waals surface area contributed by atoms with E-state index in [-0.39, 0.29) is 24.3 Å². The van der Waals surface area contributed by atoms with E-state index in [4.69, 9.17) is 4.74 Å². The molecule has 1 aliphatic heterocycles. The maximum atomic E-state index is 12.4. The maximum absolute atomic E-state index is 12.4. The quantitative estimate of drug-likeness (QED) is 0.713. The van der Waals surface area contributed by atoms with Crippen LogP contribution in [0.4, 0.5) is 0 Å². The van der Waals surface area contributed by atoms with Gasteiger partial charge in [0.05, 0.1) is 13.0 Å². The zero-order valence-electron chi connectivity index (χ0n) is 13.8. The van der Waals surface area contributed by atoms with E-state index >= 15 is 0 Å². The zero-order chi connectivity index (χ0) is 17.8. The van der Waals surface area contributed by atoms with Crippen molar-refractivity contribution in [3.63, 3.8) is 0 Å². The molecule has 9 heteroatoms. The molecule has 1 fully saturated rings. The van der Waals surface area contributed by atoms with Crippen LogP contribution in [0.5, 0.6) is 0 Å². The number of halogens is 1. The Morgan fingerprint density at radius 1 is 1.24 bits per heavy atom. The molecule has 2 heterocycles. The molecule has 0 atom stereocenters. The Kier molecular flexibility index (Phi) is 5.42. The summed E-state index contributed by atoms with van der Waals surface area (Å²) >= 11 is 3.38. The zero-order valence-corrected chi connectivity index (χ0v) is 15.3. The fourth-order valence-corrected chi connectivity index (χ4v) is 3.04. The number of carbonyl (C=O) groups excluding carboxylic acids is 2. The predicted molar refractivity (Wildman–Crippen MR) is 92.3 cm³/mol. The third-order valence-electron chi connectivity index (χ3n) is 4.21. The molecule has 1 aromatic heterocycles. The molecule has 0 unspecified atom stereocenters. The summed E-state index contributed by atoms with van der Waals surface area (Å²) in [6.45, 7) is 1.10. The van der Waals surface area contributed by atoms with Gasteiger partial charge in [-0.05, 0) is 42.3 Å². The molecule has 2 aromatic rings. The first-order valence-electron chi connectivity index (χ1n) is 7.96. The van der Waals surface area contributed by atoms with E-state index in [2.05, 4.69) is 31.3 Å². The number of amides is 1. The first kappa shape index (κ1) is 17.5. The number of hydrogen-bond donors (Lipinski definition) is 0. The normalized spacial score (nSPS) is 15.2. The Morgan fingerprint density at radius 2 is 1.92 bits per heavy atom. The van der Waals surface area contributed by atoms with Crippen LogP contribution in [0.3, 0.4) is 0 Å². The molecular weight excluding hydrogens is 390 g/mol. The number of benzene rings is 1. The standard InChI is InChI=1S/C16H18BrN5O3/c1-25-16(24)12-6-8-21(9-7-12)14(23)10-22-19-15(18-20-22)11-2-4-13(17)5-3-11/h2-5,12H,6-10H2,1H3. The van der Waals surface area contributed by atoms with Crippen LogP contribution in [-0.4, -0.2) is 57.2 Å². The fourth-order valence-electron chi connectivity index (χ4n) is 2.78. The minimum Gasteiger partial charge on any atom is -0.469 e. The minimum atomic E-state index is -0.204. The lowest BCUT2D eigenvalue weighted by molar-refractivity contribution is -0.149. The first-order chi connectivity index (χ1) is 12.1. The summed E-state index contributed by atoms with van der Waals surface area (Å²) in [4.78, 5) is 26.9. The van der Waals surface area contributed by atoms with E-state index in [0.29, 0.717) is 31.8 Å². The second kappa shape index (κ2) is 7.73. The summed E-state index contributed by atoms with van der Waals surface area (Å²) in [6, 6.07) is 7.55. The monoisotopic (exact) mass is 407 g/mol. The number of piperidine rings is 1. The molecule has 0 saturated carbocycles. The molecule has 0 N–H and O–H groups in total. The predicted octanol–water partition coefficient (Wildman–Crippen LogP) is 1.51. The van der Waals surface area contributed by atoms with Crippen molar-refractivity contribution in [3.05, 3.63) is 28.7 Å². The van der Waals surface area contributed by atoms with Crippen LogP contribution in [0.1, 0.15) is 12.8 Å². The van der Waals surface area contributed by atoms with Crippen molar-refractivity contribution in [2.45, 2.75) is 19.4 Å². The van der Waals surface area contributed by atoms with Crippen LogP contribution in [-0.2, 0) is 20.9 Å². The van der Waals surface area contributed by atoms with Gasteiger partial charge in [-0.2, -0.15) is 4.80 Å². The van der Waals surface area contributed by atoms with E-state index < -0.39 is 0 Å². The first-order valence-corrected chi connectivity index (χ1v) is 8.75. The molecule has 1 aliphatic rings. The number of nitrogens with zero attached hydrogens (tertiary/aromatic N) is 5. The minimum absolute atomic E-state index is 0.0341. The number of ether oxygens (including phenoxy) is 1. The summed E-state index contributed by atoms with van der Waals surface area (Å²) in [6.07, 6.45) is 1.24. The molecule has 1 saturated heterocycles. The summed E-state index contributed by atoms with van der Waals surface area (Å²) in [5.74, 6) is 0.0690. The lowest BCUT2D eigenvalue weighted by atomic mass is 9.97. The highest BCUT2D eigenvalue weighted by atomic mass is 79.9. The van der Waals surface area contributed by atoms with Crippen molar-refractivity contribution in [2.75, 3.05) is 20.2 Å². The largest absolute Gasteiger partial charge is 0.469 e. The van der Waals surface area contributed by atoms with Gasteiger partial charge in [0.2, 0.25) is 11.7 Å². The molecule has 1 aromatic carbocycles. The molecule has 25 heavy (non-hydrogen) atoms. The highest BCUT2D eigenvalue weighted by molar-refractivity contribution is 9.10. The van der Waals surface area contributed by atoms with Gasteiger partial charge in [-0.3, -0.25) is 9.59 Å². The second-order valence-electron chi connectivity index (χ2n) is 5.83. The summed E-state index contributed by atoms with van der Waals surface area (Å²) in [5, 5.41) is 12.2. The Bertz CT molecular complexity index is 753.